The molecule has 0 fully saturated rings. The van der Waals surface area contributed by atoms with E-state index in [1.165, 1.54) is 0 Å². The maximum Gasteiger partial charge on any atom is 0.303 e. The second-order valence-corrected chi connectivity index (χ2v) is 6.31. The summed E-state index contributed by atoms with van der Waals surface area (Å²) in [5.74, 6) is -0.340. The van der Waals surface area contributed by atoms with Crippen LogP contribution in [0.4, 0.5) is 5.69 Å². The standard InChI is InChI=1S/C23H21NO4/c25-22(26)14-13-17-7-6-9-19(15-17)24-23(27)21-12-5-4-8-18(21)16-28-20-10-2-1-3-11-20/h1-12,15H,13-14,16H2,(H,24,27)(H,25,26). The van der Waals surface area contributed by atoms with Crippen LogP contribution in [0.15, 0.2) is 78.9 Å². The normalized spacial score (nSPS) is 10.3. The van der Waals surface area contributed by atoms with E-state index in [0.717, 1.165) is 16.9 Å². The average Bonchev–Trinajstić information content (AvgIpc) is 2.72. The summed E-state index contributed by atoms with van der Waals surface area (Å²) in [6.45, 7) is 0.284. The maximum absolute atomic E-state index is 12.8. The summed E-state index contributed by atoms with van der Waals surface area (Å²) < 4.78 is 5.77. The number of anilines is 1. The summed E-state index contributed by atoms with van der Waals surface area (Å²) in [5.41, 5.74) is 2.81. The van der Waals surface area contributed by atoms with Crippen LogP contribution >= 0.6 is 0 Å². The molecule has 0 bridgehead atoms. The fourth-order valence-corrected chi connectivity index (χ4v) is 2.80. The third-order valence-corrected chi connectivity index (χ3v) is 4.21. The third-order valence-electron chi connectivity index (χ3n) is 4.21. The molecule has 3 rings (SSSR count). The topological polar surface area (TPSA) is 75.6 Å². The molecule has 142 valence electrons. The van der Waals surface area contributed by atoms with Crippen molar-refractivity contribution in [2.24, 2.45) is 0 Å². The lowest BCUT2D eigenvalue weighted by molar-refractivity contribution is -0.136. The van der Waals surface area contributed by atoms with Crippen LogP contribution in [0.3, 0.4) is 0 Å². The van der Waals surface area contributed by atoms with E-state index in [9.17, 15) is 9.59 Å². The molecule has 5 nitrogen and oxygen atoms in total. The number of ether oxygens (including phenoxy) is 1. The van der Waals surface area contributed by atoms with Crippen molar-refractivity contribution in [2.45, 2.75) is 19.4 Å². The predicted molar refractivity (Wildman–Crippen MR) is 108 cm³/mol. The summed E-state index contributed by atoms with van der Waals surface area (Å²) in [7, 11) is 0. The molecular formula is C23H21NO4. The van der Waals surface area contributed by atoms with Crippen LogP contribution < -0.4 is 10.1 Å². The number of nitrogens with one attached hydrogen (secondary N) is 1. The number of benzene rings is 3. The van der Waals surface area contributed by atoms with Gasteiger partial charge in [-0.05, 0) is 42.3 Å². The highest BCUT2D eigenvalue weighted by Crippen LogP contribution is 2.18. The lowest BCUT2D eigenvalue weighted by Gasteiger charge is -2.12. The monoisotopic (exact) mass is 375 g/mol. The van der Waals surface area contributed by atoms with Crippen molar-refractivity contribution >= 4 is 17.6 Å². The summed E-state index contributed by atoms with van der Waals surface area (Å²) >= 11 is 0. The number of hydrogen-bond donors (Lipinski definition) is 2. The second-order valence-electron chi connectivity index (χ2n) is 6.31. The first-order valence-electron chi connectivity index (χ1n) is 8.99. The number of para-hydroxylation sites is 1. The van der Waals surface area contributed by atoms with Gasteiger partial charge in [0.1, 0.15) is 12.4 Å². The Labute approximate surface area is 163 Å². The van der Waals surface area contributed by atoms with Gasteiger partial charge in [0.05, 0.1) is 0 Å². The van der Waals surface area contributed by atoms with Crippen LogP contribution in [-0.2, 0) is 17.8 Å². The van der Waals surface area contributed by atoms with E-state index >= 15 is 0 Å². The van der Waals surface area contributed by atoms with Gasteiger partial charge in [-0.25, -0.2) is 0 Å². The first-order chi connectivity index (χ1) is 13.6. The zero-order valence-corrected chi connectivity index (χ0v) is 15.3. The van der Waals surface area contributed by atoms with Crippen molar-refractivity contribution in [1.82, 2.24) is 0 Å². The van der Waals surface area contributed by atoms with Crippen molar-refractivity contribution in [3.05, 3.63) is 95.6 Å². The Hall–Kier alpha value is -3.60. The van der Waals surface area contributed by atoms with Crippen LogP contribution in [0, 0.1) is 0 Å². The maximum atomic E-state index is 12.8. The minimum atomic E-state index is -0.846. The van der Waals surface area contributed by atoms with Gasteiger partial charge in [-0.2, -0.15) is 0 Å². The number of carboxylic acid groups (broad SMARTS) is 1. The van der Waals surface area contributed by atoms with Gasteiger partial charge in [0.25, 0.3) is 5.91 Å². The molecule has 0 unspecified atom stereocenters. The molecule has 1 amide bonds. The number of amides is 1. The van der Waals surface area contributed by atoms with E-state index in [0.29, 0.717) is 17.7 Å². The molecule has 0 aromatic heterocycles. The summed E-state index contributed by atoms with van der Waals surface area (Å²) in [4.78, 5) is 23.5. The molecule has 0 saturated heterocycles. The number of carbonyl (C=O) groups is 2. The Morgan fingerprint density at radius 2 is 1.64 bits per heavy atom. The zero-order chi connectivity index (χ0) is 19.8. The number of carboxylic acids is 1. The molecule has 2 N–H and O–H groups in total. The molecule has 28 heavy (non-hydrogen) atoms. The highest BCUT2D eigenvalue weighted by molar-refractivity contribution is 6.05. The van der Waals surface area contributed by atoms with E-state index < -0.39 is 5.97 Å². The molecule has 0 radical (unpaired) electrons. The van der Waals surface area contributed by atoms with Crippen molar-refractivity contribution in [1.29, 1.82) is 0 Å². The Morgan fingerprint density at radius 1 is 0.893 bits per heavy atom. The lowest BCUT2D eigenvalue weighted by atomic mass is 10.1. The smallest absolute Gasteiger partial charge is 0.303 e. The van der Waals surface area contributed by atoms with Crippen LogP contribution in [0.25, 0.3) is 0 Å². The molecule has 0 heterocycles. The molecule has 0 aliphatic heterocycles. The largest absolute Gasteiger partial charge is 0.489 e. The first-order valence-corrected chi connectivity index (χ1v) is 8.99. The van der Waals surface area contributed by atoms with E-state index in [4.69, 9.17) is 9.84 Å². The zero-order valence-electron chi connectivity index (χ0n) is 15.3. The lowest BCUT2D eigenvalue weighted by Crippen LogP contribution is -2.15. The molecule has 0 spiro atoms. The van der Waals surface area contributed by atoms with Gasteiger partial charge in [0, 0.05) is 23.2 Å². The molecule has 0 aliphatic rings. The number of aliphatic carboxylic acids is 1. The first kappa shape index (κ1) is 19.2. The number of hydrogen-bond acceptors (Lipinski definition) is 3. The van der Waals surface area contributed by atoms with E-state index in [1.54, 1.807) is 24.3 Å². The predicted octanol–water partition coefficient (Wildman–Crippen LogP) is 4.54. The van der Waals surface area contributed by atoms with Crippen LogP contribution in [-0.4, -0.2) is 17.0 Å². The van der Waals surface area contributed by atoms with Gasteiger partial charge in [-0.1, -0.05) is 48.5 Å². The van der Waals surface area contributed by atoms with E-state index in [-0.39, 0.29) is 18.9 Å². The molecule has 0 saturated carbocycles. The molecule has 0 atom stereocenters. The Balaban J connectivity index is 1.69. The summed E-state index contributed by atoms with van der Waals surface area (Å²) in [5, 5.41) is 11.7. The number of rotatable bonds is 8. The molecule has 0 aliphatic carbocycles. The van der Waals surface area contributed by atoms with Crippen LogP contribution in [0.2, 0.25) is 0 Å². The van der Waals surface area contributed by atoms with Crippen molar-refractivity contribution < 1.29 is 19.4 Å². The van der Waals surface area contributed by atoms with Gasteiger partial charge in [-0.3, -0.25) is 9.59 Å². The van der Waals surface area contributed by atoms with Crippen molar-refractivity contribution in [2.75, 3.05) is 5.32 Å². The van der Waals surface area contributed by atoms with Gasteiger partial charge < -0.3 is 15.2 Å². The molecular weight excluding hydrogens is 354 g/mol. The fraction of sp³-hybridized carbons (Fsp3) is 0.130. The highest BCUT2D eigenvalue weighted by atomic mass is 16.5. The van der Waals surface area contributed by atoms with Crippen molar-refractivity contribution in [3.8, 4) is 5.75 Å². The van der Waals surface area contributed by atoms with Gasteiger partial charge >= 0.3 is 5.97 Å². The minimum Gasteiger partial charge on any atom is -0.489 e. The molecule has 5 heteroatoms. The third kappa shape index (κ3) is 5.45. The van der Waals surface area contributed by atoms with Gasteiger partial charge in [-0.15, -0.1) is 0 Å². The summed E-state index contributed by atoms with van der Waals surface area (Å²) in [6, 6.07) is 24.0. The second kappa shape index (κ2) is 9.37. The highest BCUT2D eigenvalue weighted by Gasteiger charge is 2.12. The summed E-state index contributed by atoms with van der Waals surface area (Å²) in [6.07, 6.45) is 0.470. The Morgan fingerprint density at radius 3 is 2.43 bits per heavy atom. The van der Waals surface area contributed by atoms with Crippen molar-refractivity contribution in [3.63, 3.8) is 0 Å². The molecule has 3 aromatic rings. The quantitative estimate of drug-likeness (QED) is 0.606. The Bertz CT molecular complexity index is 954. The fourth-order valence-electron chi connectivity index (χ4n) is 2.80. The van der Waals surface area contributed by atoms with E-state index in [1.807, 2.05) is 54.6 Å². The SMILES string of the molecule is O=C(O)CCc1cccc(NC(=O)c2ccccc2COc2ccccc2)c1. The van der Waals surface area contributed by atoms with Crippen LogP contribution in [0.1, 0.15) is 27.9 Å². The Kier molecular flexibility index (Phi) is 6.41. The molecule has 3 aromatic carbocycles. The van der Waals surface area contributed by atoms with Crippen LogP contribution in [0.5, 0.6) is 5.75 Å². The van der Waals surface area contributed by atoms with E-state index in [2.05, 4.69) is 5.32 Å². The van der Waals surface area contributed by atoms with Gasteiger partial charge in [0.15, 0.2) is 0 Å². The number of carbonyl (C=O) groups excluding carboxylic acids is 1. The average molecular weight is 375 g/mol. The van der Waals surface area contributed by atoms with Gasteiger partial charge in [0.2, 0.25) is 0 Å². The number of aryl methyl sites for hydroxylation is 1. The minimum absolute atomic E-state index is 0.0526.